The first-order valence-corrected chi connectivity index (χ1v) is 6.40. The summed E-state index contributed by atoms with van der Waals surface area (Å²) in [5.41, 5.74) is 0. The van der Waals surface area contributed by atoms with Crippen LogP contribution in [0, 0.1) is 5.92 Å². The monoisotopic (exact) mass is 288 g/mol. The third-order valence-electron chi connectivity index (χ3n) is 2.84. The standard InChI is InChI=1S/C11H14BrClN2/c1-7-2-3-9(4-7)15-11-10(13)5-8(12)6-14-11/h5-7,9H,2-4H2,1H3,(H,14,15). The minimum absolute atomic E-state index is 0.533. The molecule has 1 N–H and O–H groups in total. The van der Waals surface area contributed by atoms with E-state index in [4.69, 9.17) is 11.6 Å². The van der Waals surface area contributed by atoms with E-state index in [9.17, 15) is 0 Å². The predicted molar refractivity (Wildman–Crippen MR) is 67.4 cm³/mol. The summed E-state index contributed by atoms with van der Waals surface area (Å²) in [6.45, 7) is 2.29. The molecule has 2 nitrogen and oxygen atoms in total. The van der Waals surface area contributed by atoms with E-state index in [0.29, 0.717) is 11.1 Å². The van der Waals surface area contributed by atoms with Crippen LogP contribution in [0.3, 0.4) is 0 Å². The number of rotatable bonds is 2. The average molecular weight is 290 g/mol. The van der Waals surface area contributed by atoms with Crippen LogP contribution < -0.4 is 5.32 Å². The van der Waals surface area contributed by atoms with Crippen LogP contribution in [-0.2, 0) is 0 Å². The van der Waals surface area contributed by atoms with Crippen molar-refractivity contribution in [2.24, 2.45) is 5.92 Å². The molecule has 0 aliphatic heterocycles. The third kappa shape index (κ3) is 2.85. The van der Waals surface area contributed by atoms with Crippen LogP contribution in [-0.4, -0.2) is 11.0 Å². The summed E-state index contributed by atoms with van der Waals surface area (Å²) >= 11 is 9.43. The van der Waals surface area contributed by atoms with E-state index in [2.05, 4.69) is 33.2 Å². The maximum absolute atomic E-state index is 6.09. The van der Waals surface area contributed by atoms with Gasteiger partial charge in [-0.15, -0.1) is 0 Å². The Balaban J connectivity index is 2.04. The molecule has 1 aromatic rings. The van der Waals surface area contributed by atoms with Gasteiger partial charge in [-0.1, -0.05) is 18.5 Å². The topological polar surface area (TPSA) is 24.9 Å². The lowest BCUT2D eigenvalue weighted by Crippen LogP contribution is -2.16. The lowest BCUT2D eigenvalue weighted by Gasteiger charge is -2.14. The highest BCUT2D eigenvalue weighted by Crippen LogP contribution is 2.30. The first-order chi connectivity index (χ1) is 7.15. The summed E-state index contributed by atoms with van der Waals surface area (Å²) in [4.78, 5) is 4.28. The lowest BCUT2D eigenvalue weighted by molar-refractivity contribution is 0.602. The van der Waals surface area contributed by atoms with Crippen LogP contribution in [0.1, 0.15) is 26.2 Å². The van der Waals surface area contributed by atoms with Gasteiger partial charge in [-0.2, -0.15) is 0 Å². The van der Waals surface area contributed by atoms with Crippen LogP contribution in [0.4, 0.5) is 5.82 Å². The van der Waals surface area contributed by atoms with Gasteiger partial charge >= 0.3 is 0 Å². The van der Waals surface area contributed by atoms with Gasteiger partial charge in [0.1, 0.15) is 5.82 Å². The fourth-order valence-corrected chi connectivity index (χ4v) is 2.74. The van der Waals surface area contributed by atoms with Gasteiger partial charge in [0, 0.05) is 16.7 Å². The summed E-state index contributed by atoms with van der Waals surface area (Å²) in [5.74, 6) is 1.62. The molecule has 2 unspecified atom stereocenters. The quantitative estimate of drug-likeness (QED) is 0.886. The van der Waals surface area contributed by atoms with Gasteiger partial charge in [0.25, 0.3) is 0 Å². The summed E-state index contributed by atoms with van der Waals surface area (Å²) in [7, 11) is 0. The number of nitrogens with one attached hydrogen (secondary N) is 1. The van der Waals surface area contributed by atoms with Crippen molar-refractivity contribution in [1.29, 1.82) is 0 Å². The third-order valence-corrected chi connectivity index (χ3v) is 3.57. The van der Waals surface area contributed by atoms with Crippen molar-refractivity contribution in [1.82, 2.24) is 4.98 Å². The number of pyridine rings is 1. The molecule has 1 saturated carbocycles. The van der Waals surface area contributed by atoms with E-state index in [-0.39, 0.29) is 0 Å². The SMILES string of the molecule is CC1CCC(Nc2ncc(Br)cc2Cl)C1. The number of hydrogen-bond acceptors (Lipinski definition) is 2. The molecule has 4 heteroatoms. The van der Waals surface area contributed by atoms with Crippen molar-refractivity contribution in [3.8, 4) is 0 Å². The van der Waals surface area contributed by atoms with Crippen molar-refractivity contribution in [3.63, 3.8) is 0 Å². The molecule has 1 aromatic heterocycles. The van der Waals surface area contributed by atoms with Crippen LogP contribution in [0.5, 0.6) is 0 Å². The van der Waals surface area contributed by atoms with Crippen molar-refractivity contribution in [3.05, 3.63) is 21.8 Å². The minimum Gasteiger partial charge on any atom is -0.366 e. The second-order valence-corrected chi connectivity index (χ2v) is 5.57. The van der Waals surface area contributed by atoms with E-state index in [0.717, 1.165) is 16.2 Å². The number of nitrogens with zero attached hydrogens (tertiary/aromatic N) is 1. The van der Waals surface area contributed by atoms with Crippen molar-refractivity contribution in [2.45, 2.75) is 32.2 Å². The summed E-state index contributed by atoms with van der Waals surface area (Å²) in [5, 5.41) is 4.09. The first kappa shape index (κ1) is 11.2. The zero-order valence-corrected chi connectivity index (χ0v) is 11.0. The summed E-state index contributed by atoms with van der Waals surface area (Å²) in [6.07, 6.45) is 5.50. The molecule has 0 saturated heterocycles. The zero-order chi connectivity index (χ0) is 10.8. The highest BCUT2D eigenvalue weighted by molar-refractivity contribution is 9.10. The van der Waals surface area contributed by atoms with E-state index in [1.165, 1.54) is 19.3 Å². The Labute approximate surface area is 104 Å². The van der Waals surface area contributed by atoms with Crippen LogP contribution in [0.2, 0.25) is 5.02 Å². The number of anilines is 1. The second-order valence-electron chi connectivity index (χ2n) is 4.24. The molecule has 2 atom stereocenters. The lowest BCUT2D eigenvalue weighted by atomic mass is 10.1. The highest BCUT2D eigenvalue weighted by Gasteiger charge is 2.21. The molecule has 0 radical (unpaired) electrons. The van der Waals surface area contributed by atoms with E-state index >= 15 is 0 Å². The number of halogens is 2. The first-order valence-electron chi connectivity index (χ1n) is 5.22. The van der Waals surface area contributed by atoms with Gasteiger partial charge in [-0.25, -0.2) is 4.98 Å². The number of hydrogen-bond donors (Lipinski definition) is 1. The molecule has 0 bridgehead atoms. The molecular weight excluding hydrogens is 275 g/mol. The molecule has 0 aromatic carbocycles. The normalized spacial score (nSPS) is 25.5. The van der Waals surface area contributed by atoms with Gasteiger partial charge in [0.15, 0.2) is 0 Å². The van der Waals surface area contributed by atoms with Crippen molar-refractivity contribution >= 4 is 33.3 Å². The van der Waals surface area contributed by atoms with E-state index < -0.39 is 0 Å². The molecule has 0 amide bonds. The zero-order valence-electron chi connectivity index (χ0n) is 8.63. The Hall–Kier alpha value is -0.280. The van der Waals surface area contributed by atoms with Crippen molar-refractivity contribution < 1.29 is 0 Å². The van der Waals surface area contributed by atoms with E-state index in [1.807, 2.05) is 6.07 Å². The molecule has 15 heavy (non-hydrogen) atoms. The smallest absolute Gasteiger partial charge is 0.145 e. The Morgan fingerprint density at radius 2 is 2.33 bits per heavy atom. The molecule has 82 valence electrons. The maximum Gasteiger partial charge on any atom is 0.145 e. The molecule has 1 aliphatic rings. The Bertz CT molecular complexity index is 356. The summed E-state index contributed by atoms with van der Waals surface area (Å²) in [6, 6.07) is 2.40. The van der Waals surface area contributed by atoms with Crippen LogP contribution in [0.25, 0.3) is 0 Å². The Kier molecular flexibility index (Phi) is 3.52. The molecule has 1 fully saturated rings. The Morgan fingerprint density at radius 1 is 1.53 bits per heavy atom. The van der Waals surface area contributed by atoms with Crippen LogP contribution >= 0.6 is 27.5 Å². The largest absolute Gasteiger partial charge is 0.366 e. The van der Waals surface area contributed by atoms with Gasteiger partial charge in [-0.3, -0.25) is 0 Å². The van der Waals surface area contributed by atoms with Crippen LogP contribution in [0.15, 0.2) is 16.7 Å². The highest BCUT2D eigenvalue weighted by atomic mass is 79.9. The van der Waals surface area contributed by atoms with Gasteiger partial charge in [0.2, 0.25) is 0 Å². The van der Waals surface area contributed by atoms with E-state index in [1.54, 1.807) is 6.20 Å². The van der Waals surface area contributed by atoms with Crippen molar-refractivity contribution in [2.75, 3.05) is 5.32 Å². The van der Waals surface area contributed by atoms with Gasteiger partial charge in [0.05, 0.1) is 5.02 Å². The fourth-order valence-electron chi connectivity index (χ4n) is 2.05. The second kappa shape index (κ2) is 4.71. The number of aromatic nitrogens is 1. The minimum atomic E-state index is 0.533. The molecule has 1 heterocycles. The molecule has 2 rings (SSSR count). The maximum atomic E-state index is 6.09. The summed E-state index contributed by atoms with van der Waals surface area (Å²) < 4.78 is 0.915. The van der Waals surface area contributed by atoms with Gasteiger partial charge in [-0.05, 0) is 47.2 Å². The average Bonchev–Trinajstić information content (AvgIpc) is 2.56. The van der Waals surface area contributed by atoms with Gasteiger partial charge < -0.3 is 5.32 Å². The molecule has 0 spiro atoms. The molecular formula is C11H14BrClN2. The molecule has 1 aliphatic carbocycles. The Morgan fingerprint density at radius 3 is 2.93 bits per heavy atom. The predicted octanol–water partition coefficient (Wildman–Crippen LogP) is 4.10. The fraction of sp³-hybridized carbons (Fsp3) is 0.545.